The Bertz CT molecular complexity index is 732. The number of hydrogen-bond acceptors (Lipinski definition) is 4. The SMILES string of the molecule is O=c1cc(CCc2ccc3c(c2)OCCO3)[nH][nH]c1=O. The first-order chi connectivity index (χ1) is 9.72. The highest BCUT2D eigenvalue weighted by atomic mass is 16.6. The lowest BCUT2D eigenvalue weighted by Gasteiger charge is -2.18. The van der Waals surface area contributed by atoms with Crippen LogP contribution in [0.5, 0.6) is 11.5 Å². The van der Waals surface area contributed by atoms with Crippen molar-refractivity contribution in [1.82, 2.24) is 10.2 Å². The van der Waals surface area contributed by atoms with E-state index in [0.717, 1.165) is 23.5 Å². The van der Waals surface area contributed by atoms with Gasteiger partial charge in [-0.15, -0.1) is 0 Å². The summed E-state index contributed by atoms with van der Waals surface area (Å²) >= 11 is 0. The van der Waals surface area contributed by atoms with Crippen molar-refractivity contribution < 1.29 is 9.47 Å². The molecule has 1 aromatic heterocycles. The molecule has 1 aliphatic rings. The van der Waals surface area contributed by atoms with Crippen LogP contribution in [0.15, 0.2) is 33.9 Å². The molecule has 0 unspecified atom stereocenters. The fraction of sp³-hybridized carbons (Fsp3) is 0.286. The first kappa shape index (κ1) is 12.5. The number of fused-ring (bicyclic) bond motifs is 1. The van der Waals surface area contributed by atoms with E-state index in [9.17, 15) is 9.59 Å². The van der Waals surface area contributed by atoms with Gasteiger partial charge in [-0.05, 0) is 30.5 Å². The molecule has 0 spiro atoms. The highest BCUT2D eigenvalue weighted by Crippen LogP contribution is 2.30. The maximum Gasteiger partial charge on any atom is 0.310 e. The number of ether oxygens (including phenoxy) is 2. The minimum absolute atomic E-state index is 0.527. The predicted octanol–water partition coefficient (Wildman–Crippen LogP) is 0.620. The number of nitrogens with one attached hydrogen (secondary N) is 2. The number of hydrogen-bond donors (Lipinski definition) is 2. The number of benzene rings is 1. The van der Waals surface area contributed by atoms with Crippen LogP contribution in [0.2, 0.25) is 0 Å². The summed E-state index contributed by atoms with van der Waals surface area (Å²) in [6.07, 6.45) is 1.37. The number of H-pyrrole nitrogens is 2. The largest absolute Gasteiger partial charge is 0.486 e. The molecule has 1 aromatic carbocycles. The lowest BCUT2D eigenvalue weighted by molar-refractivity contribution is 0.171. The second-order valence-electron chi connectivity index (χ2n) is 4.59. The summed E-state index contributed by atoms with van der Waals surface area (Å²) in [7, 11) is 0. The number of aromatic nitrogens is 2. The Kier molecular flexibility index (Phi) is 3.28. The molecule has 0 bridgehead atoms. The third-order valence-corrected chi connectivity index (χ3v) is 3.16. The summed E-state index contributed by atoms with van der Waals surface area (Å²) in [5.74, 6) is 1.51. The van der Waals surface area contributed by atoms with Crippen LogP contribution in [0, 0.1) is 0 Å². The van der Waals surface area contributed by atoms with E-state index >= 15 is 0 Å². The highest BCUT2D eigenvalue weighted by Gasteiger charge is 2.11. The molecule has 6 nitrogen and oxygen atoms in total. The maximum absolute atomic E-state index is 11.2. The zero-order chi connectivity index (χ0) is 13.9. The second-order valence-corrected chi connectivity index (χ2v) is 4.59. The van der Waals surface area contributed by atoms with Gasteiger partial charge in [-0.3, -0.25) is 14.7 Å². The van der Waals surface area contributed by atoms with Crippen LogP contribution in [-0.2, 0) is 12.8 Å². The lowest BCUT2D eigenvalue weighted by Crippen LogP contribution is -2.27. The van der Waals surface area contributed by atoms with Gasteiger partial charge in [-0.2, -0.15) is 0 Å². The van der Waals surface area contributed by atoms with Gasteiger partial charge in [-0.25, -0.2) is 0 Å². The Morgan fingerprint density at radius 2 is 1.75 bits per heavy atom. The molecule has 3 rings (SSSR count). The van der Waals surface area contributed by atoms with Crippen LogP contribution in [-0.4, -0.2) is 23.4 Å². The van der Waals surface area contributed by atoms with E-state index in [1.807, 2.05) is 18.2 Å². The number of aromatic amines is 2. The average Bonchev–Trinajstić information content (AvgIpc) is 2.48. The van der Waals surface area contributed by atoms with Gasteiger partial charge < -0.3 is 14.6 Å². The van der Waals surface area contributed by atoms with Gasteiger partial charge in [0.15, 0.2) is 11.5 Å². The van der Waals surface area contributed by atoms with Crippen molar-refractivity contribution in [1.29, 1.82) is 0 Å². The van der Waals surface area contributed by atoms with E-state index in [-0.39, 0.29) is 0 Å². The molecule has 0 saturated heterocycles. The quantitative estimate of drug-likeness (QED) is 0.804. The average molecular weight is 274 g/mol. The van der Waals surface area contributed by atoms with Crippen molar-refractivity contribution in [2.75, 3.05) is 13.2 Å². The number of rotatable bonds is 3. The van der Waals surface area contributed by atoms with Crippen molar-refractivity contribution in [2.45, 2.75) is 12.8 Å². The van der Waals surface area contributed by atoms with Crippen LogP contribution >= 0.6 is 0 Å². The van der Waals surface area contributed by atoms with Gasteiger partial charge in [0.25, 0.3) is 0 Å². The fourth-order valence-electron chi connectivity index (χ4n) is 2.12. The molecular formula is C14H14N2O4. The lowest BCUT2D eigenvalue weighted by atomic mass is 10.1. The van der Waals surface area contributed by atoms with E-state index < -0.39 is 11.0 Å². The van der Waals surface area contributed by atoms with Gasteiger partial charge in [0.2, 0.25) is 5.43 Å². The fourth-order valence-corrected chi connectivity index (χ4v) is 2.12. The van der Waals surface area contributed by atoms with E-state index in [1.165, 1.54) is 6.07 Å². The third-order valence-electron chi connectivity index (χ3n) is 3.16. The Balaban J connectivity index is 1.73. The molecule has 0 atom stereocenters. The Labute approximate surface area is 114 Å². The molecule has 6 heteroatoms. The topological polar surface area (TPSA) is 84.2 Å². The first-order valence-electron chi connectivity index (χ1n) is 6.42. The van der Waals surface area contributed by atoms with E-state index in [1.54, 1.807) is 0 Å². The molecule has 0 amide bonds. The Hall–Kier alpha value is -2.50. The van der Waals surface area contributed by atoms with Crippen LogP contribution in [0.25, 0.3) is 0 Å². The van der Waals surface area contributed by atoms with Crippen LogP contribution in [0.1, 0.15) is 11.3 Å². The molecule has 2 aromatic rings. The predicted molar refractivity (Wildman–Crippen MR) is 72.5 cm³/mol. The summed E-state index contributed by atoms with van der Waals surface area (Å²) in [5.41, 5.74) is 0.625. The van der Waals surface area contributed by atoms with E-state index in [0.29, 0.717) is 25.3 Å². The molecule has 2 N–H and O–H groups in total. The summed E-state index contributed by atoms with van der Waals surface area (Å²) in [4.78, 5) is 22.2. The maximum atomic E-state index is 11.2. The highest BCUT2D eigenvalue weighted by molar-refractivity contribution is 5.43. The minimum Gasteiger partial charge on any atom is -0.486 e. The Morgan fingerprint density at radius 3 is 2.55 bits per heavy atom. The normalized spacial score (nSPS) is 13.2. The zero-order valence-electron chi connectivity index (χ0n) is 10.8. The molecule has 20 heavy (non-hydrogen) atoms. The molecule has 104 valence electrons. The van der Waals surface area contributed by atoms with Gasteiger partial charge in [-0.1, -0.05) is 6.07 Å². The zero-order valence-corrected chi connectivity index (χ0v) is 10.8. The third kappa shape index (κ3) is 2.59. The van der Waals surface area contributed by atoms with E-state index in [4.69, 9.17) is 9.47 Å². The van der Waals surface area contributed by atoms with Crippen molar-refractivity contribution in [3.8, 4) is 11.5 Å². The summed E-state index contributed by atoms with van der Waals surface area (Å²) in [6.45, 7) is 1.13. The standard InChI is InChI=1S/C14H14N2O4/c17-11-8-10(15-16-14(11)18)3-1-9-2-4-12-13(7-9)20-6-5-19-12/h2,4,7-8H,1,3,5-6H2,(H,15,17)(H,16,18). The second kappa shape index (κ2) is 5.24. The van der Waals surface area contributed by atoms with E-state index in [2.05, 4.69) is 10.2 Å². The first-order valence-corrected chi connectivity index (χ1v) is 6.42. The van der Waals surface area contributed by atoms with Gasteiger partial charge in [0.05, 0.1) is 0 Å². The number of aryl methyl sites for hydroxylation is 2. The Morgan fingerprint density at radius 1 is 0.950 bits per heavy atom. The molecule has 0 fully saturated rings. The summed E-state index contributed by atoms with van der Waals surface area (Å²) < 4.78 is 11.0. The van der Waals surface area contributed by atoms with Crippen molar-refractivity contribution in [3.05, 3.63) is 56.1 Å². The molecule has 0 aliphatic carbocycles. The molecule has 0 radical (unpaired) electrons. The van der Waals surface area contributed by atoms with Crippen LogP contribution in [0.3, 0.4) is 0 Å². The van der Waals surface area contributed by atoms with Gasteiger partial charge >= 0.3 is 5.56 Å². The van der Waals surface area contributed by atoms with Crippen molar-refractivity contribution in [3.63, 3.8) is 0 Å². The molecule has 1 aliphatic heterocycles. The minimum atomic E-state index is -0.631. The summed E-state index contributed by atoms with van der Waals surface area (Å²) in [5, 5.41) is 5.03. The van der Waals surface area contributed by atoms with Crippen molar-refractivity contribution >= 4 is 0 Å². The molecule has 0 saturated carbocycles. The van der Waals surface area contributed by atoms with Crippen molar-refractivity contribution in [2.24, 2.45) is 0 Å². The van der Waals surface area contributed by atoms with Gasteiger partial charge in [0.1, 0.15) is 13.2 Å². The smallest absolute Gasteiger partial charge is 0.310 e. The summed E-state index contributed by atoms with van der Waals surface area (Å²) in [6, 6.07) is 7.13. The van der Waals surface area contributed by atoms with Crippen LogP contribution in [0.4, 0.5) is 0 Å². The van der Waals surface area contributed by atoms with Gasteiger partial charge in [0, 0.05) is 11.8 Å². The molecular weight excluding hydrogens is 260 g/mol. The molecule has 2 heterocycles. The van der Waals surface area contributed by atoms with Crippen LogP contribution < -0.4 is 20.5 Å². The monoisotopic (exact) mass is 274 g/mol.